The number of nitrogens with zero attached hydrogens (tertiary/aromatic N) is 1. The van der Waals surface area contributed by atoms with Crippen LogP contribution in [0.1, 0.15) is 25.5 Å². The van der Waals surface area contributed by atoms with Crippen molar-refractivity contribution < 1.29 is 4.39 Å². The van der Waals surface area contributed by atoms with Crippen molar-refractivity contribution in [3.8, 4) is 0 Å². The molecular formula is C11H12FN. The Labute approximate surface area is 77.3 Å². The molecule has 0 unspecified atom stereocenters. The monoisotopic (exact) mass is 177 g/mol. The lowest BCUT2D eigenvalue weighted by Crippen LogP contribution is -1.93. The maximum absolute atomic E-state index is 12.8. The maximum atomic E-state index is 12.8. The first-order valence-electron chi connectivity index (χ1n) is 4.60. The summed E-state index contributed by atoms with van der Waals surface area (Å²) in [6.45, 7) is 1.99. The molecule has 0 saturated heterocycles. The summed E-state index contributed by atoms with van der Waals surface area (Å²) in [6.07, 6.45) is 4.48. The SMILES string of the molecule is C/C=C(\c1cccc(F)n1)C1CC1. The minimum absolute atomic E-state index is 0.391. The average molecular weight is 177 g/mol. The molecule has 0 radical (unpaired) electrons. The molecular weight excluding hydrogens is 165 g/mol. The highest BCUT2D eigenvalue weighted by atomic mass is 19.1. The van der Waals surface area contributed by atoms with Crippen molar-refractivity contribution in [1.29, 1.82) is 0 Å². The Morgan fingerprint density at radius 3 is 2.85 bits per heavy atom. The summed E-state index contributed by atoms with van der Waals surface area (Å²) < 4.78 is 12.8. The van der Waals surface area contributed by atoms with Crippen molar-refractivity contribution in [1.82, 2.24) is 4.98 Å². The molecule has 1 saturated carbocycles. The van der Waals surface area contributed by atoms with Crippen LogP contribution in [0, 0.1) is 11.9 Å². The normalized spacial score (nSPS) is 17.5. The van der Waals surface area contributed by atoms with Gasteiger partial charge in [-0.1, -0.05) is 12.1 Å². The Hall–Kier alpha value is -1.18. The van der Waals surface area contributed by atoms with Gasteiger partial charge in [0.1, 0.15) is 0 Å². The second-order valence-corrected chi connectivity index (χ2v) is 3.36. The molecule has 2 heteroatoms. The fourth-order valence-electron chi connectivity index (χ4n) is 1.56. The first-order chi connectivity index (χ1) is 6.31. The third kappa shape index (κ3) is 1.77. The number of hydrogen-bond donors (Lipinski definition) is 0. The average Bonchev–Trinajstić information content (AvgIpc) is 2.90. The largest absolute Gasteiger partial charge is 0.220 e. The molecule has 1 aromatic heterocycles. The standard InChI is InChI=1S/C11H12FN/c1-2-9(8-6-7-8)10-4-3-5-11(12)13-10/h2-5,8H,6-7H2,1H3/b9-2-. The summed E-state index contributed by atoms with van der Waals surface area (Å²) in [5.41, 5.74) is 1.99. The van der Waals surface area contributed by atoms with E-state index in [1.807, 2.05) is 19.1 Å². The molecule has 1 aliphatic carbocycles. The molecule has 68 valence electrons. The first-order valence-corrected chi connectivity index (χ1v) is 4.60. The lowest BCUT2D eigenvalue weighted by Gasteiger charge is -2.03. The van der Waals surface area contributed by atoms with Gasteiger partial charge in [-0.2, -0.15) is 4.39 Å². The van der Waals surface area contributed by atoms with E-state index in [1.165, 1.54) is 24.5 Å². The maximum Gasteiger partial charge on any atom is 0.213 e. The number of hydrogen-bond acceptors (Lipinski definition) is 1. The quantitative estimate of drug-likeness (QED) is 0.633. The Morgan fingerprint density at radius 2 is 2.31 bits per heavy atom. The molecule has 0 amide bonds. The van der Waals surface area contributed by atoms with E-state index in [0.29, 0.717) is 5.92 Å². The van der Waals surface area contributed by atoms with Crippen molar-refractivity contribution in [3.63, 3.8) is 0 Å². The van der Waals surface area contributed by atoms with Gasteiger partial charge < -0.3 is 0 Å². The number of rotatable bonds is 2. The minimum Gasteiger partial charge on any atom is -0.220 e. The zero-order valence-corrected chi connectivity index (χ0v) is 7.63. The predicted molar refractivity (Wildman–Crippen MR) is 50.6 cm³/mol. The van der Waals surface area contributed by atoms with Gasteiger partial charge in [-0.3, -0.25) is 0 Å². The summed E-state index contributed by atoms with van der Waals surface area (Å²) in [6, 6.07) is 4.96. The van der Waals surface area contributed by atoms with E-state index in [9.17, 15) is 4.39 Å². The zero-order chi connectivity index (χ0) is 9.26. The zero-order valence-electron chi connectivity index (χ0n) is 7.63. The fraction of sp³-hybridized carbons (Fsp3) is 0.364. The molecule has 0 bridgehead atoms. The highest BCUT2D eigenvalue weighted by Crippen LogP contribution is 2.41. The third-order valence-electron chi connectivity index (χ3n) is 2.34. The van der Waals surface area contributed by atoms with Crippen molar-refractivity contribution in [2.24, 2.45) is 5.92 Å². The van der Waals surface area contributed by atoms with Gasteiger partial charge in [0.2, 0.25) is 5.95 Å². The fourth-order valence-corrected chi connectivity index (χ4v) is 1.56. The van der Waals surface area contributed by atoms with E-state index in [4.69, 9.17) is 0 Å². The van der Waals surface area contributed by atoms with Gasteiger partial charge in [-0.25, -0.2) is 4.98 Å². The minimum atomic E-state index is -0.391. The highest BCUT2D eigenvalue weighted by molar-refractivity contribution is 5.66. The summed E-state index contributed by atoms with van der Waals surface area (Å²) in [5.74, 6) is 0.233. The molecule has 0 N–H and O–H groups in total. The number of allylic oxidation sites excluding steroid dienone is 2. The van der Waals surface area contributed by atoms with E-state index in [0.717, 1.165) is 5.69 Å². The molecule has 1 fully saturated rings. The van der Waals surface area contributed by atoms with Crippen LogP contribution in [0.4, 0.5) is 4.39 Å². The van der Waals surface area contributed by atoms with Gasteiger partial charge in [0.05, 0.1) is 5.69 Å². The lowest BCUT2D eigenvalue weighted by molar-refractivity contribution is 0.582. The Kier molecular flexibility index (Phi) is 2.13. The van der Waals surface area contributed by atoms with E-state index in [1.54, 1.807) is 6.07 Å². The molecule has 1 heterocycles. The topological polar surface area (TPSA) is 12.9 Å². The van der Waals surface area contributed by atoms with Gasteiger partial charge in [-0.15, -0.1) is 0 Å². The van der Waals surface area contributed by atoms with E-state index < -0.39 is 5.95 Å². The van der Waals surface area contributed by atoms with E-state index in [2.05, 4.69) is 4.98 Å². The molecule has 0 aromatic carbocycles. The second-order valence-electron chi connectivity index (χ2n) is 3.36. The molecule has 1 nitrogen and oxygen atoms in total. The van der Waals surface area contributed by atoms with Crippen molar-refractivity contribution in [2.75, 3.05) is 0 Å². The Bertz CT molecular complexity index is 340. The van der Waals surface area contributed by atoms with Crippen LogP contribution in [0.25, 0.3) is 5.57 Å². The van der Waals surface area contributed by atoms with E-state index in [-0.39, 0.29) is 0 Å². The van der Waals surface area contributed by atoms with Crippen molar-refractivity contribution >= 4 is 5.57 Å². The summed E-state index contributed by atoms with van der Waals surface area (Å²) in [4.78, 5) is 3.87. The Morgan fingerprint density at radius 1 is 1.54 bits per heavy atom. The Balaban J connectivity index is 2.32. The van der Waals surface area contributed by atoms with Crippen LogP contribution in [-0.4, -0.2) is 4.98 Å². The van der Waals surface area contributed by atoms with Crippen LogP contribution >= 0.6 is 0 Å². The first kappa shape index (κ1) is 8.42. The number of pyridine rings is 1. The van der Waals surface area contributed by atoms with Crippen LogP contribution < -0.4 is 0 Å². The molecule has 0 atom stereocenters. The van der Waals surface area contributed by atoms with Gasteiger partial charge in [0, 0.05) is 0 Å². The second kappa shape index (κ2) is 3.29. The van der Waals surface area contributed by atoms with Gasteiger partial charge in [0.15, 0.2) is 0 Å². The lowest BCUT2D eigenvalue weighted by atomic mass is 10.1. The van der Waals surface area contributed by atoms with E-state index >= 15 is 0 Å². The number of aromatic nitrogens is 1. The molecule has 1 aromatic rings. The smallest absolute Gasteiger partial charge is 0.213 e. The summed E-state index contributed by atoms with van der Waals surface area (Å²) in [7, 11) is 0. The highest BCUT2D eigenvalue weighted by Gasteiger charge is 2.26. The molecule has 0 aliphatic heterocycles. The van der Waals surface area contributed by atoms with Crippen LogP contribution in [-0.2, 0) is 0 Å². The molecule has 2 rings (SSSR count). The number of halogens is 1. The van der Waals surface area contributed by atoms with Crippen molar-refractivity contribution in [2.45, 2.75) is 19.8 Å². The van der Waals surface area contributed by atoms with Gasteiger partial charge in [0.25, 0.3) is 0 Å². The summed E-state index contributed by atoms with van der Waals surface area (Å²) in [5, 5.41) is 0. The molecule has 13 heavy (non-hydrogen) atoms. The van der Waals surface area contributed by atoms with Crippen LogP contribution in [0.5, 0.6) is 0 Å². The van der Waals surface area contributed by atoms with Crippen LogP contribution in [0.15, 0.2) is 24.3 Å². The van der Waals surface area contributed by atoms with Gasteiger partial charge in [-0.05, 0) is 43.4 Å². The molecule has 1 aliphatic rings. The summed E-state index contributed by atoms with van der Waals surface area (Å²) >= 11 is 0. The predicted octanol–water partition coefficient (Wildman–Crippen LogP) is 3.03. The van der Waals surface area contributed by atoms with Crippen LogP contribution in [0.2, 0.25) is 0 Å². The third-order valence-corrected chi connectivity index (χ3v) is 2.34. The van der Waals surface area contributed by atoms with Crippen LogP contribution in [0.3, 0.4) is 0 Å². The van der Waals surface area contributed by atoms with Crippen molar-refractivity contribution in [3.05, 3.63) is 35.9 Å². The van der Waals surface area contributed by atoms with Gasteiger partial charge >= 0.3 is 0 Å². The molecule has 0 spiro atoms.